The fraction of sp³-hybridized carbons (Fsp3) is 0.455. The van der Waals surface area contributed by atoms with Gasteiger partial charge in [0.2, 0.25) is 0 Å². The Balaban J connectivity index is 1.98. The summed E-state index contributed by atoms with van der Waals surface area (Å²) < 4.78 is 12.6. The van der Waals surface area contributed by atoms with Crippen molar-refractivity contribution in [3.05, 3.63) is 57.6 Å². The maximum absolute atomic E-state index is 6.07. The highest BCUT2D eigenvalue weighted by atomic mass is 79.9. The van der Waals surface area contributed by atoms with E-state index in [0.717, 1.165) is 48.7 Å². The summed E-state index contributed by atoms with van der Waals surface area (Å²) in [4.78, 5) is 2.41. The van der Waals surface area contributed by atoms with Crippen molar-refractivity contribution in [3.8, 4) is 11.5 Å². The maximum atomic E-state index is 6.07. The zero-order chi connectivity index (χ0) is 19.6. The van der Waals surface area contributed by atoms with Crippen molar-refractivity contribution in [1.82, 2.24) is 10.2 Å². The van der Waals surface area contributed by atoms with Crippen LogP contribution in [0.5, 0.6) is 11.5 Å². The number of hydrogen-bond donors (Lipinski definition) is 1. The van der Waals surface area contributed by atoms with Crippen molar-refractivity contribution in [1.29, 1.82) is 0 Å². The Morgan fingerprint density at radius 1 is 1.11 bits per heavy atom. The Labute approximate surface area is 172 Å². The molecule has 0 aliphatic rings. The highest BCUT2D eigenvalue weighted by molar-refractivity contribution is 9.10. The molecule has 5 heteroatoms. The monoisotopic (exact) mass is 434 g/mol. The average Bonchev–Trinajstić information content (AvgIpc) is 2.68. The minimum atomic E-state index is 0.517. The van der Waals surface area contributed by atoms with E-state index in [2.05, 4.69) is 65.1 Å². The van der Waals surface area contributed by atoms with Gasteiger partial charge < -0.3 is 19.7 Å². The van der Waals surface area contributed by atoms with Gasteiger partial charge in [-0.15, -0.1) is 0 Å². The third kappa shape index (κ3) is 6.52. The van der Waals surface area contributed by atoms with Gasteiger partial charge in [0.1, 0.15) is 6.61 Å². The van der Waals surface area contributed by atoms with E-state index in [0.29, 0.717) is 6.61 Å². The van der Waals surface area contributed by atoms with Crippen molar-refractivity contribution in [2.24, 2.45) is 0 Å². The van der Waals surface area contributed by atoms with Crippen LogP contribution in [0.1, 0.15) is 30.5 Å². The predicted octanol–water partition coefficient (Wildman–Crippen LogP) is 4.78. The molecule has 4 nitrogen and oxygen atoms in total. The van der Waals surface area contributed by atoms with Crippen LogP contribution in [0.2, 0.25) is 0 Å². The first-order valence-corrected chi connectivity index (χ1v) is 10.3. The van der Waals surface area contributed by atoms with E-state index in [1.54, 1.807) is 7.11 Å². The molecular weight excluding hydrogens is 404 g/mol. The molecule has 0 unspecified atom stereocenters. The second kappa shape index (κ2) is 11.3. The molecule has 2 aromatic rings. The van der Waals surface area contributed by atoms with Crippen LogP contribution in [-0.2, 0) is 13.2 Å². The molecule has 0 bridgehead atoms. The highest BCUT2D eigenvalue weighted by Gasteiger charge is 2.12. The number of ether oxygens (including phenoxy) is 2. The lowest BCUT2D eigenvalue weighted by molar-refractivity contribution is 0.281. The predicted molar refractivity (Wildman–Crippen MR) is 116 cm³/mol. The molecular formula is C22H31BrN2O2. The minimum Gasteiger partial charge on any atom is -0.493 e. The summed E-state index contributed by atoms with van der Waals surface area (Å²) >= 11 is 3.64. The molecule has 1 N–H and O–H groups in total. The quantitative estimate of drug-likeness (QED) is 0.516. The first-order chi connectivity index (χ1) is 13.1. The van der Waals surface area contributed by atoms with Crippen LogP contribution in [0.3, 0.4) is 0 Å². The van der Waals surface area contributed by atoms with Crippen LogP contribution in [0, 0.1) is 6.92 Å². The Morgan fingerprint density at radius 3 is 2.52 bits per heavy atom. The Bertz CT molecular complexity index is 717. The van der Waals surface area contributed by atoms with Crippen LogP contribution in [0.25, 0.3) is 0 Å². The van der Waals surface area contributed by atoms with Crippen molar-refractivity contribution in [3.63, 3.8) is 0 Å². The number of benzene rings is 2. The lowest BCUT2D eigenvalue weighted by atomic mass is 10.1. The van der Waals surface area contributed by atoms with Crippen LogP contribution >= 0.6 is 15.9 Å². The fourth-order valence-electron chi connectivity index (χ4n) is 2.95. The number of aryl methyl sites for hydroxylation is 1. The van der Waals surface area contributed by atoms with Crippen LogP contribution in [0.4, 0.5) is 0 Å². The lowest BCUT2D eigenvalue weighted by Gasteiger charge is -2.18. The van der Waals surface area contributed by atoms with Gasteiger partial charge in [-0.25, -0.2) is 0 Å². The van der Waals surface area contributed by atoms with Gasteiger partial charge in [-0.3, -0.25) is 0 Å². The molecule has 0 spiro atoms. The molecule has 0 aliphatic carbocycles. The number of hydrogen-bond acceptors (Lipinski definition) is 4. The summed E-state index contributed by atoms with van der Waals surface area (Å²) in [5.74, 6) is 1.49. The van der Waals surface area contributed by atoms with E-state index in [1.807, 2.05) is 18.2 Å². The smallest absolute Gasteiger partial charge is 0.175 e. The van der Waals surface area contributed by atoms with Crippen molar-refractivity contribution in [2.45, 2.75) is 33.9 Å². The van der Waals surface area contributed by atoms with Crippen LogP contribution in [0.15, 0.2) is 40.9 Å². The van der Waals surface area contributed by atoms with Crippen molar-refractivity contribution in [2.75, 3.05) is 33.3 Å². The van der Waals surface area contributed by atoms with E-state index >= 15 is 0 Å². The normalized spacial score (nSPS) is 11.0. The first-order valence-electron chi connectivity index (χ1n) is 9.55. The fourth-order valence-corrected chi connectivity index (χ4v) is 3.55. The molecule has 0 heterocycles. The first kappa shape index (κ1) is 21.7. The number of methoxy groups -OCH3 is 1. The summed E-state index contributed by atoms with van der Waals surface area (Å²) in [6.45, 7) is 12.0. The molecule has 2 aromatic carbocycles. The number of halogens is 1. The number of nitrogens with zero attached hydrogens (tertiary/aromatic N) is 1. The summed E-state index contributed by atoms with van der Waals surface area (Å²) in [6.07, 6.45) is 0. The van der Waals surface area contributed by atoms with Gasteiger partial charge in [0.25, 0.3) is 0 Å². The molecule has 2 rings (SSSR count). The summed E-state index contributed by atoms with van der Waals surface area (Å²) in [6, 6.07) is 12.4. The molecule has 0 radical (unpaired) electrons. The average molecular weight is 435 g/mol. The van der Waals surface area contributed by atoms with Crippen molar-refractivity contribution >= 4 is 15.9 Å². The van der Waals surface area contributed by atoms with Gasteiger partial charge in [-0.05, 0) is 64.8 Å². The zero-order valence-electron chi connectivity index (χ0n) is 16.8. The number of rotatable bonds is 11. The summed E-state index contributed by atoms with van der Waals surface area (Å²) in [5, 5.41) is 3.51. The Kier molecular flexibility index (Phi) is 9.11. The van der Waals surface area contributed by atoms with Gasteiger partial charge in [0.05, 0.1) is 11.6 Å². The molecule has 0 saturated carbocycles. The van der Waals surface area contributed by atoms with Gasteiger partial charge in [-0.2, -0.15) is 0 Å². The van der Waals surface area contributed by atoms with Crippen LogP contribution < -0.4 is 14.8 Å². The summed E-state index contributed by atoms with van der Waals surface area (Å²) in [7, 11) is 1.68. The third-order valence-corrected chi connectivity index (χ3v) is 5.34. The Morgan fingerprint density at radius 2 is 1.85 bits per heavy atom. The lowest BCUT2D eigenvalue weighted by Crippen LogP contribution is -2.31. The number of likely N-dealkylation sites (N-methyl/N-ethyl adjacent to an activating group) is 1. The standard InChI is InChI=1S/C22H31BrN2O2/c1-5-25(6-2)12-11-24-15-18-13-20(23)22(21(14-18)26-4)27-16-19-10-8-7-9-17(19)3/h7-10,13-14,24H,5-6,11-12,15-16H2,1-4H3. The van der Waals surface area contributed by atoms with E-state index in [-0.39, 0.29) is 0 Å². The molecule has 148 valence electrons. The largest absolute Gasteiger partial charge is 0.493 e. The van der Waals surface area contributed by atoms with Gasteiger partial charge in [-0.1, -0.05) is 38.1 Å². The van der Waals surface area contributed by atoms with E-state index in [9.17, 15) is 0 Å². The molecule has 0 saturated heterocycles. The third-order valence-electron chi connectivity index (χ3n) is 4.75. The van der Waals surface area contributed by atoms with Gasteiger partial charge in [0.15, 0.2) is 11.5 Å². The van der Waals surface area contributed by atoms with E-state index < -0.39 is 0 Å². The molecule has 0 atom stereocenters. The van der Waals surface area contributed by atoms with Gasteiger partial charge >= 0.3 is 0 Å². The molecule has 0 amide bonds. The second-order valence-electron chi connectivity index (χ2n) is 6.53. The zero-order valence-corrected chi connectivity index (χ0v) is 18.4. The molecule has 0 fully saturated rings. The van der Waals surface area contributed by atoms with Crippen molar-refractivity contribution < 1.29 is 9.47 Å². The highest BCUT2D eigenvalue weighted by Crippen LogP contribution is 2.37. The summed E-state index contributed by atoms with van der Waals surface area (Å²) in [5.41, 5.74) is 3.57. The topological polar surface area (TPSA) is 33.7 Å². The molecule has 0 aliphatic heterocycles. The maximum Gasteiger partial charge on any atom is 0.175 e. The van der Waals surface area contributed by atoms with E-state index in [4.69, 9.17) is 9.47 Å². The van der Waals surface area contributed by atoms with Gasteiger partial charge in [0, 0.05) is 19.6 Å². The number of nitrogens with one attached hydrogen (secondary N) is 1. The molecule has 0 aromatic heterocycles. The van der Waals surface area contributed by atoms with Crippen LogP contribution in [-0.4, -0.2) is 38.2 Å². The SMILES string of the molecule is CCN(CC)CCNCc1cc(Br)c(OCc2ccccc2C)c(OC)c1. The van der Waals surface area contributed by atoms with E-state index in [1.165, 1.54) is 16.7 Å². The molecule has 27 heavy (non-hydrogen) atoms. The Hall–Kier alpha value is -1.56. The second-order valence-corrected chi connectivity index (χ2v) is 7.38. The minimum absolute atomic E-state index is 0.517.